The second-order valence-corrected chi connectivity index (χ2v) is 4.51. The highest BCUT2D eigenvalue weighted by Crippen LogP contribution is 2.22. The summed E-state index contributed by atoms with van der Waals surface area (Å²) in [4.78, 5) is 11.5. The summed E-state index contributed by atoms with van der Waals surface area (Å²) < 4.78 is 10.8. The number of carbonyl (C=O) groups is 1. The Kier molecular flexibility index (Phi) is 6.70. The smallest absolute Gasteiger partial charge is 0.321 e. The van der Waals surface area contributed by atoms with Crippen LogP contribution in [0.4, 0.5) is 10.5 Å². The Balaban J connectivity index is 2.31. The molecule has 0 radical (unpaired) electrons. The normalized spacial score (nSPS) is 10.2. The zero-order chi connectivity index (χ0) is 13.4. The molecular weight excluding hydrogens is 300 g/mol. The van der Waals surface area contributed by atoms with Crippen LogP contribution in [0.1, 0.15) is 5.56 Å². The van der Waals surface area contributed by atoms with E-state index < -0.39 is 0 Å². The lowest BCUT2D eigenvalue weighted by molar-refractivity contribution is 0.0650. The third-order valence-electron chi connectivity index (χ3n) is 2.14. The van der Waals surface area contributed by atoms with Gasteiger partial charge in [0.05, 0.1) is 18.9 Å². The third kappa shape index (κ3) is 5.48. The van der Waals surface area contributed by atoms with Crippen LogP contribution in [0.15, 0.2) is 22.7 Å². The molecule has 0 saturated carbocycles. The standard InChI is InChI=1S/C12H17BrN2O3/c1-9-3-4-11(10(13)7-9)15-12(16)14-8-18-6-5-17-2/h3-4,7H,5-6,8H2,1-2H3,(H2,14,15,16). The van der Waals surface area contributed by atoms with Crippen molar-refractivity contribution in [3.8, 4) is 0 Å². The van der Waals surface area contributed by atoms with Crippen LogP contribution in [0.2, 0.25) is 0 Å². The average Bonchev–Trinajstić information content (AvgIpc) is 2.32. The second-order valence-electron chi connectivity index (χ2n) is 3.66. The molecule has 2 amide bonds. The van der Waals surface area contributed by atoms with E-state index in [9.17, 15) is 4.79 Å². The Morgan fingerprint density at radius 1 is 1.39 bits per heavy atom. The summed E-state index contributed by atoms with van der Waals surface area (Å²) in [6.07, 6.45) is 0. The van der Waals surface area contributed by atoms with E-state index >= 15 is 0 Å². The maximum absolute atomic E-state index is 11.5. The molecule has 1 aromatic carbocycles. The number of methoxy groups -OCH3 is 1. The Morgan fingerprint density at radius 2 is 2.17 bits per heavy atom. The van der Waals surface area contributed by atoms with Crippen molar-refractivity contribution < 1.29 is 14.3 Å². The Labute approximate surface area is 115 Å². The molecule has 0 heterocycles. The van der Waals surface area contributed by atoms with Crippen molar-refractivity contribution in [2.75, 3.05) is 32.4 Å². The van der Waals surface area contributed by atoms with E-state index in [4.69, 9.17) is 9.47 Å². The quantitative estimate of drug-likeness (QED) is 0.626. The van der Waals surface area contributed by atoms with Gasteiger partial charge < -0.3 is 20.1 Å². The van der Waals surface area contributed by atoms with Crippen LogP contribution in [-0.2, 0) is 9.47 Å². The first-order valence-electron chi connectivity index (χ1n) is 5.51. The van der Waals surface area contributed by atoms with Gasteiger partial charge in [0.25, 0.3) is 0 Å². The summed E-state index contributed by atoms with van der Waals surface area (Å²) in [5, 5.41) is 5.30. The number of benzene rings is 1. The van der Waals surface area contributed by atoms with Crippen LogP contribution >= 0.6 is 15.9 Å². The predicted molar refractivity (Wildman–Crippen MR) is 73.7 cm³/mol. The SMILES string of the molecule is COCCOCNC(=O)Nc1ccc(C)cc1Br. The van der Waals surface area contributed by atoms with Crippen LogP contribution in [0.5, 0.6) is 0 Å². The first-order valence-corrected chi connectivity index (χ1v) is 6.30. The lowest BCUT2D eigenvalue weighted by Gasteiger charge is -2.10. The molecular formula is C12H17BrN2O3. The van der Waals surface area contributed by atoms with E-state index in [2.05, 4.69) is 26.6 Å². The molecule has 5 nitrogen and oxygen atoms in total. The van der Waals surface area contributed by atoms with Crippen LogP contribution in [-0.4, -0.2) is 33.1 Å². The number of nitrogens with one attached hydrogen (secondary N) is 2. The van der Waals surface area contributed by atoms with Gasteiger partial charge in [-0.25, -0.2) is 4.79 Å². The Bertz CT molecular complexity index is 399. The van der Waals surface area contributed by atoms with Gasteiger partial charge in [-0.2, -0.15) is 0 Å². The Morgan fingerprint density at radius 3 is 2.83 bits per heavy atom. The number of hydrogen-bond donors (Lipinski definition) is 2. The molecule has 0 atom stereocenters. The molecule has 0 fully saturated rings. The maximum Gasteiger partial charge on any atom is 0.321 e. The number of rotatable bonds is 6. The summed E-state index contributed by atoms with van der Waals surface area (Å²) >= 11 is 3.39. The maximum atomic E-state index is 11.5. The minimum absolute atomic E-state index is 0.151. The Hall–Kier alpha value is -1.11. The topological polar surface area (TPSA) is 59.6 Å². The molecule has 0 aliphatic carbocycles. The summed E-state index contributed by atoms with van der Waals surface area (Å²) in [5.74, 6) is 0. The molecule has 1 aromatic rings. The van der Waals surface area contributed by atoms with Gasteiger partial charge in [0.2, 0.25) is 0 Å². The molecule has 0 spiro atoms. The van der Waals surface area contributed by atoms with E-state index in [1.807, 2.05) is 25.1 Å². The number of aryl methyl sites for hydroxylation is 1. The van der Waals surface area contributed by atoms with Gasteiger partial charge >= 0.3 is 6.03 Å². The molecule has 2 N–H and O–H groups in total. The van der Waals surface area contributed by atoms with Crippen molar-refractivity contribution in [2.24, 2.45) is 0 Å². The van der Waals surface area contributed by atoms with Gasteiger partial charge in [-0.3, -0.25) is 0 Å². The number of carbonyl (C=O) groups excluding carboxylic acids is 1. The van der Waals surface area contributed by atoms with Crippen molar-refractivity contribution >= 4 is 27.6 Å². The number of halogens is 1. The molecule has 6 heteroatoms. The fourth-order valence-corrected chi connectivity index (χ4v) is 1.81. The third-order valence-corrected chi connectivity index (χ3v) is 2.80. The molecule has 0 saturated heterocycles. The summed E-state index contributed by atoms with van der Waals surface area (Å²) in [6, 6.07) is 5.39. The molecule has 0 unspecified atom stereocenters. The number of urea groups is 1. The molecule has 0 aliphatic rings. The van der Waals surface area contributed by atoms with Gasteiger partial charge in [-0.05, 0) is 40.5 Å². The summed E-state index contributed by atoms with van der Waals surface area (Å²) in [7, 11) is 1.60. The lowest BCUT2D eigenvalue weighted by Crippen LogP contribution is -2.31. The van der Waals surface area contributed by atoms with Crippen molar-refractivity contribution in [2.45, 2.75) is 6.92 Å². The zero-order valence-corrected chi connectivity index (χ0v) is 12.0. The van der Waals surface area contributed by atoms with Crippen molar-refractivity contribution in [3.05, 3.63) is 28.2 Å². The van der Waals surface area contributed by atoms with Crippen LogP contribution in [0.25, 0.3) is 0 Å². The highest BCUT2D eigenvalue weighted by Gasteiger charge is 2.04. The van der Waals surface area contributed by atoms with E-state index in [0.29, 0.717) is 13.2 Å². The minimum atomic E-state index is -0.308. The van der Waals surface area contributed by atoms with Gasteiger partial charge in [0.15, 0.2) is 0 Å². The summed E-state index contributed by atoms with van der Waals surface area (Å²) in [6.45, 7) is 3.09. The van der Waals surface area contributed by atoms with Crippen LogP contribution < -0.4 is 10.6 Å². The van der Waals surface area contributed by atoms with Crippen LogP contribution in [0, 0.1) is 6.92 Å². The number of amides is 2. The van der Waals surface area contributed by atoms with E-state index in [0.717, 1.165) is 15.7 Å². The van der Waals surface area contributed by atoms with Gasteiger partial charge in [0.1, 0.15) is 6.73 Å². The highest BCUT2D eigenvalue weighted by molar-refractivity contribution is 9.10. The fourth-order valence-electron chi connectivity index (χ4n) is 1.22. The van der Waals surface area contributed by atoms with E-state index in [1.54, 1.807) is 7.11 Å². The predicted octanol–water partition coefficient (Wildman–Crippen LogP) is 2.50. The number of anilines is 1. The van der Waals surface area contributed by atoms with Crippen LogP contribution in [0.3, 0.4) is 0 Å². The molecule has 100 valence electrons. The zero-order valence-electron chi connectivity index (χ0n) is 10.5. The van der Waals surface area contributed by atoms with Crippen molar-refractivity contribution in [1.82, 2.24) is 5.32 Å². The summed E-state index contributed by atoms with van der Waals surface area (Å²) in [5.41, 5.74) is 1.84. The lowest BCUT2D eigenvalue weighted by atomic mass is 10.2. The van der Waals surface area contributed by atoms with Gasteiger partial charge in [-0.15, -0.1) is 0 Å². The minimum Gasteiger partial charge on any atom is -0.382 e. The van der Waals surface area contributed by atoms with Crippen molar-refractivity contribution in [3.63, 3.8) is 0 Å². The fraction of sp³-hybridized carbons (Fsp3) is 0.417. The molecule has 0 bridgehead atoms. The average molecular weight is 317 g/mol. The first-order chi connectivity index (χ1) is 8.63. The molecule has 0 aliphatic heterocycles. The molecule has 18 heavy (non-hydrogen) atoms. The van der Waals surface area contributed by atoms with Gasteiger partial charge in [0, 0.05) is 11.6 Å². The van der Waals surface area contributed by atoms with E-state index in [-0.39, 0.29) is 12.8 Å². The monoisotopic (exact) mass is 316 g/mol. The highest BCUT2D eigenvalue weighted by atomic mass is 79.9. The van der Waals surface area contributed by atoms with Crippen molar-refractivity contribution in [1.29, 1.82) is 0 Å². The van der Waals surface area contributed by atoms with Gasteiger partial charge in [-0.1, -0.05) is 6.07 Å². The molecule has 0 aromatic heterocycles. The second kappa shape index (κ2) is 8.07. The number of ether oxygens (including phenoxy) is 2. The van der Waals surface area contributed by atoms with E-state index in [1.165, 1.54) is 0 Å². The largest absolute Gasteiger partial charge is 0.382 e. The number of hydrogen-bond acceptors (Lipinski definition) is 3. The first kappa shape index (κ1) is 14.9. The molecule has 1 rings (SSSR count).